The normalized spacial score (nSPS) is 11.5. The summed E-state index contributed by atoms with van der Waals surface area (Å²) >= 11 is 5.89. The predicted molar refractivity (Wildman–Crippen MR) is 106 cm³/mol. The zero-order chi connectivity index (χ0) is 17.9. The Morgan fingerprint density at radius 2 is 1.81 bits per heavy atom. The van der Waals surface area contributed by atoms with E-state index < -0.39 is 0 Å². The Kier molecular flexibility index (Phi) is 4.55. The van der Waals surface area contributed by atoms with E-state index in [1.807, 2.05) is 48.8 Å². The van der Waals surface area contributed by atoms with E-state index in [0.29, 0.717) is 11.6 Å². The van der Waals surface area contributed by atoms with E-state index in [1.54, 1.807) is 12.1 Å². The number of rotatable bonds is 4. The van der Waals surface area contributed by atoms with E-state index in [9.17, 15) is 4.39 Å². The summed E-state index contributed by atoms with van der Waals surface area (Å²) in [5.41, 5.74) is 3.93. The van der Waals surface area contributed by atoms with Crippen molar-refractivity contribution in [1.82, 2.24) is 4.57 Å². The van der Waals surface area contributed by atoms with Crippen molar-refractivity contribution >= 4 is 34.4 Å². The molecule has 3 aromatic carbocycles. The number of hydrogen-bond donors (Lipinski definition) is 0. The molecule has 0 N–H and O–H groups in total. The van der Waals surface area contributed by atoms with E-state index in [1.165, 1.54) is 6.07 Å². The quantitative estimate of drug-likeness (QED) is 0.383. The Hall–Kier alpha value is -2.91. The molecule has 0 radical (unpaired) electrons. The Morgan fingerprint density at radius 3 is 2.62 bits per heavy atom. The maximum absolute atomic E-state index is 13.4. The van der Waals surface area contributed by atoms with E-state index in [-0.39, 0.29) is 5.82 Å². The lowest BCUT2D eigenvalue weighted by Gasteiger charge is -2.06. The van der Waals surface area contributed by atoms with Crippen molar-refractivity contribution in [3.05, 3.63) is 101 Å². The minimum absolute atomic E-state index is 0.209. The van der Waals surface area contributed by atoms with Crippen LogP contribution in [-0.4, -0.2) is 10.8 Å². The van der Waals surface area contributed by atoms with Crippen LogP contribution in [0.25, 0.3) is 10.9 Å². The fourth-order valence-corrected chi connectivity index (χ4v) is 3.07. The molecule has 4 aromatic rings. The van der Waals surface area contributed by atoms with Gasteiger partial charge in [0.25, 0.3) is 0 Å². The fraction of sp³-hybridized carbons (Fsp3) is 0.0455. The highest BCUT2D eigenvalue weighted by Gasteiger charge is 2.03. The molecular weight excluding hydrogens is 347 g/mol. The molecule has 0 fully saturated rings. The van der Waals surface area contributed by atoms with Gasteiger partial charge in [-0.05, 0) is 65.7 Å². The van der Waals surface area contributed by atoms with Crippen LogP contribution < -0.4 is 0 Å². The molecule has 0 unspecified atom stereocenters. The highest BCUT2D eigenvalue weighted by Crippen LogP contribution is 2.20. The van der Waals surface area contributed by atoms with Gasteiger partial charge in [0.2, 0.25) is 0 Å². The lowest BCUT2D eigenvalue weighted by atomic mass is 10.1. The van der Waals surface area contributed by atoms with Crippen molar-refractivity contribution in [2.24, 2.45) is 4.99 Å². The first-order valence-corrected chi connectivity index (χ1v) is 8.68. The lowest BCUT2D eigenvalue weighted by molar-refractivity contribution is 0.624. The molecule has 0 aliphatic rings. The van der Waals surface area contributed by atoms with Gasteiger partial charge in [0.1, 0.15) is 5.82 Å². The number of halogens is 2. The second-order valence-electron chi connectivity index (χ2n) is 6.13. The Bertz CT molecular complexity index is 1080. The molecule has 0 amide bonds. The largest absolute Gasteiger partial charge is 0.343 e. The first kappa shape index (κ1) is 16.6. The van der Waals surface area contributed by atoms with Crippen molar-refractivity contribution in [3.63, 3.8) is 0 Å². The van der Waals surface area contributed by atoms with Crippen LogP contribution in [0.5, 0.6) is 0 Å². The summed E-state index contributed by atoms with van der Waals surface area (Å²) in [4.78, 5) is 4.48. The highest BCUT2D eigenvalue weighted by molar-refractivity contribution is 6.30. The molecule has 0 spiro atoms. The van der Waals surface area contributed by atoms with Crippen LogP contribution >= 0.6 is 11.6 Å². The van der Waals surface area contributed by atoms with E-state index in [4.69, 9.17) is 11.6 Å². The molecule has 2 nitrogen and oxygen atoms in total. The minimum Gasteiger partial charge on any atom is -0.343 e. The Morgan fingerprint density at radius 1 is 0.962 bits per heavy atom. The molecule has 0 saturated carbocycles. The first-order chi connectivity index (χ1) is 12.7. The molecule has 4 heteroatoms. The summed E-state index contributed by atoms with van der Waals surface area (Å²) in [5, 5.41) is 1.83. The van der Waals surface area contributed by atoms with Crippen LogP contribution in [0, 0.1) is 5.82 Å². The molecule has 0 bridgehead atoms. The zero-order valence-electron chi connectivity index (χ0n) is 13.9. The molecule has 0 atom stereocenters. The van der Waals surface area contributed by atoms with Gasteiger partial charge in [-0.15, -0.1) is 0 Å². The van der Waals surface area contributed by atoms with Crippen molar-refractivity contribution in [1.29, 1.82) is 0 Å². The number of hydrogen-bond acceptors (Lipinski definition) is 1. The Balaban J connectivity index is 1.58. The summed E-state index contributed by atoms with van der Waals surface area (Å²) in [6.07, 6.45) is 3.86. The number of benzene rings is 3. The van der Waals surface area contributed by atoms with E-state index in [0.717, 1.165) is 27.7 Å². The van der Waals surface area contributed by atoms with Crippen LogP contribution in [0.4, 0.5) is 10.1 Å². The number of nitrogens with zero attached hydrogens (tertiary/aromatic N) is 2. The number of aromatic nitrogens is 1. The maximum Gasteiger partial charge on any atom is 0.123 e. The van der Waals surface area contributed by atoms with Crippen molar-refractivity contribution in [2.45, 2.75) is 6.54 Å². The average molecular weight is 363 g/mol. The van der Waals surface area contributed by atoms with Crippen molar-refractivity contribution in [2.75, 3.05) is 0 Å². The third kappa shape index (κ3) is 3.68. The van der Waals surface area contributed by atoms with Gasteiger partial charge in [0.15, 0.2) is 0 Å². The molecule has 0 aliphatic carbocycles. The van der Waals surface area contributed by atoms with Crippen LogP contribution in [0.2, 0.25) is 5.02 Å². The first-order valence-electron chi connectivity index (χ1n) is 8.30. The summed E-state index contributed by atoms with van der Waals surface area (Å²) in [6, 6.07) is 22.4. The standard InChI is InChI=1S/C22H16ClFN2/c23-19-5-7-21(8-6-19)25-14-16-4-9-22-18(12-16)10-11-26(22)15-17-2-1-3-20(24)13-17/h1-14H,15H2. The van der Waals surface area contributed by atoms with E-state index >= 15 is 0 Å². The zero-order valence-corrected chi connectivity index (χ0v) is 14.7. The Labute approximate surface area is 156 Å². The SMILES string of the molecule is Fc1cccc(Cn2ccc3cc(C=Nc4ccc(Cl)cc4)ccc32)c1. The van der Waals surface area contributed by atoms with Gasteiger partial charge >= 0.3 is 0 Å². The van der Waals surface area contributed by atoms with Gasteiger partial charge in [0, 0.05) is 34.9 Å². The molecule has 26 heavy (non-hydrogen) atoms. The third-order valence-electron chi connectivity index (χ3n) is 4.23. The molecule has 0 aliphatic heterocycles. The fourth-order valence-electron chi connectivity index (χ4n) is 2.95. The number of fused-ring (bicyclic) bond motifs is 1. The summed E-state index contributed by atoms with van der Waals surface area (Å²) < 4.78 is 15.5. The van der Waals surface area contributed by atoms with Crippen LogP contribution in [0.15, 0.2) is 84.0 Å². The molecule has 1 heterocycles. The van der Waals surface area contributed by atoms with Gasteiger partial charge in [-0.25, -0.2) is 4.39 Å². The molecule has 1 aromatic heterocycles. The molecule has 4 rings (SSSR count). The molecule has 128 valence electrons. The molecule has 0 saturated heterocycles. The van der Waals surface area contributed by atoms with Crippen molar-refractivity contribution < 1.29 is 4.39 Å². The van der Waals surface area contributed by atoms with Crippen LogP contribution in [0.3, 0.4) is 0 Å². The van der Waals surface area contributed by atoms with E-state index in [2.05, 4.69) is 27.8 Å². The average Bonchev–Trinajstić information content (AvgIpc) is 3.03. The van der Waals surface area contributed by atoms with Crippen molar-refractivity contribution in [3.8, 4) is 0 Å². The summed E-state index contributed by atoms with van der Waals surface area (Å²) in [7, 11) is 0. The van der Waals surface area contributed by atoms with Gasteiger partial charge in [-0.1, -0.05) is 29.8 Å². The predicted octanol–water partition coefficient (Wildman–Crippen LogP) is 6.23. The van der Waals surface area contributed by atoms with Crippen LogP contribution in [-0.2, 0) is 6.54 Å². The minimum atomic E-state index is -0.209. The van der Waals surface area contributed by atoms with Gasteiger partial charge in [0.05, 0.1) is 5.69 Å². The highest BCUT2D eigenvalue weighted by atomic mass is 35.5. The number of aliphatic imine (C=N–C) groups is 1. The lowest BCUT2D eigenvalue weighted by Crippen LogP contribution is -1.98. The smallest absolute Gasteiger partial charge is 0.123 e. The van der Waals surface area contributed by atoms with Gasteiger partial charge in [-0.2, -0.15) is 0 Å². The molecular formula is C22H16ClFN2. The monoisotopic (exact) mass is 362 g/mol. The summed E-state index contributed by atoms with van der Waals surface area (Å²) in [5.74, 6) is -0.209. The third-order valence-corrected chi connectivity index (χ3v) is 4.48. The maximum atomic E-state index is 13.4. The van der Waals surface area contributed by atoms with Gasteiger partial charge < -0.3 is 4.57 Å². The topological polar surface area (TPSA) is 17.3 Å². The van der Waals surface area contributed by atoms with Crippen LogP contribution in [0.1, 0.15) is 11.1 Å². The second-order valence-corrected chi connectivity index (χ2v) is 6.56. The van der Waals surface area contributed by atoms with Gasteiger partial charge in [-0.3, -0.25) is 4.99 Å². The summed E-state index contributed by atoms with van der Waals surface area (Å²) in [6.45, 7) is 0.638. The second kappa shape index (κ2) is 7.14.